The molecule has 6 heteroatoms. The summed E-state index contributed by atoms with van der Waals surface area (Å²) in [6, 6.07) is 0.0169. The van der Waals surface area contributed by atoms with Crippen molar-refractivity contribution in [3.05, 3.63) is 27.6 Å². The number of hydrogen-bond acceptors (Lipinski definition) is 3. The van der Waals surface area contributed by atoms with Gasteiger partial charge in [0.1, 0.15) is 9.39 Å². The number of hydrogen-bond donors (Lipinski definition) is 2. The van der Waals surface area contributed by atoms with Crippen LogP contribution in [0.5, 0.6) is 0 Å². The van der Waals surface area contributed by atoms with Crippen molar-refractivity contribution < 1.29 is 9.53 Å². The second kappa shape index (κ2) is 8.47. The molecule has 0 bridgehead atoms. The zero-order chi connectivity index (χ0) is 19.6. The SMILES string of the molecule is CC(C)C/C=C/C(=Nc1c(C(=O)NC2COCC2(C)C)c[nH]c1I)C1CC1. The van der Waals surface area contributed by atoms with Crippen LogP contribution in [0.15, 0.2) is 23.3 Å². The lowest BCUT2D eigenvalue weighted by atomic mass is 9.88. The molecule has 2 aliphatic rings. The molecular weight excluding hydrogens is 453 g/mol. The molecule has 0 spiro atoms. The molecule has 5 nitrogen and oxygen atoms in total. The highest BCUT2D eigenvalue weighted by Crippen LogP contribution is 2.35. The average Bonchev–Trinajstić information content (AvgIpc) is 3.29. The van der Waals surface area contributed by atoms with Crippen LogP contribution >= 0.6 is 22.6 Å². The summed E-state index contributed by atoms with van der Waals surface area (Å²) in [4.78, 5) is 21.0. The molecule has 1 aromatic rings. The van der Waals surface area contributed by atoms with Gasteiger partial charge >= 0.3 is 0 Å². The molecule has 2 N–H and O–H groups in total. The van der Waals surface area contributed by atoms with E-state index in [9.17, 15) is 4.79 Å². The van der Waals surface area contributed by atoms with Gasteiger partial charge in [-0.25, -0.2) is 4.99 Å². The Morgan fingerprint density at radius 2 is 2.22 bits per heavy atom. The first-order chi connectivity index (χ1) is 12.8. The van der Waals surface area contributed by atoms with Crippen molar-refractivity contribution in [2.75, 3.05) is 13.2 Å². The van der Waals surface area contributed by atoms with Crippen molar-refractivity contribution in [1.29, 1.82) is 0 Å². The number of allylic oxidation sites excluding steroid dienone is 2. The van der Waals surface area contributed by atoms with Crippen LogP contribution in [0.2, 0.25) is 0 Å². The van der Waals surface area contributed by atoms with Crippen LogP contribution in [0, 0.1) is 21.0 Å². The van der Waals surface area contributed by atoms with Crippen LogP contribution < -0.4 is 5.32 Å². The Kier molecular flexibility index (Phi) is 6.46. The van der Waals surface area contributed by atoms with Gasteiger partial charge in [-0.3, -0.25) is 4.79 Å². The van der Waals surface area contributed by atoms with E-state index in [4.69, 9.17) is 9.73 Å². The first-order valence-corrected chi connectivity index (χ1v) is 10.9. The number of carbonyl (C=O) groups is 1. The van der Waals surface area contributed by atoms with E-state index in [1.165, 1.54) is 12.8 Å². The molecule has 1 saturated carbocycles. The third-order valence-electron chi connectivity index (χ3n) is 5.19. The van der Waals surface area contributed by atoms with E-state index in [-0.39, 0.29) is 17.4 Å². The number of nitrogens with zero attached hydrogens (tertiary/aromatic N) is 1. The smallest absolute Gasteiger partial charge is 0.255 e. The maximum atomic E-state index is 12.9. The summed E-state index contributed by atoms with van der Waals surface area (Å²) >= 11 is 2.22. The van der Waals surface area contributed by atoms with Crippen LogP contribution in [0.4, 0.5) is 5.69 Å². The van der Waals surface area contributed by atoms with Gasteiger partial charge in [0, 0.05) is 23.2 Å². The van der Waals surface area contributed by atoms with E-state index < -0.39 is 0 Å². The maximum Gasteiger partial charge on any atom is 0.255 e. The highest BCUT2D eigenvalue weighted by Gasteiger charge is 2.37. The summed E-state index contributed by atoms with van der Waals surface area (Å²) < 4.78 is 6.45. The zero-order valence-electron chi connectivity index (χ0n) is 16.6. The van der Waals surface area contributed by atoms with Crippen molar-refractivity contribution in [1.82, 2.24) is 10.3 Å². The molecule has 2 fully saturated rings. The quantitative estimate of drug-likeness (QED) is 0.430. The molecule has 0 radical (unpaired) electrons. The third-order valence-corrected chi connectivity index (χ3v) is 6.01. The lowest BCUT2D eigenvalue weighted by Gasteiger charge is -2.25. The predicted molar refractivity (Wildman–Crippen MR) is 118 cm³/mol. The molecule has 1 aromatic heterocycles. The van der Waals surface area contributed by atoms with Crippen LogP contribution in [0.25, 0.3) is 0 Å². The van der Waals surface area contributed by atoms with E-state index in [1.807, 2.05) is 0 Å². The number of aromatic amines is 1. The number of nitrogens with one attached hydrogen (secondary N) is 2. The number of H-pyrrole nitrogens is 1. The Bertz CT molecular complexity index is 745. The van der Waals surface area contributed by atoms with Gasteiger partial charge in [0.2, 0.25) is 0 Å². The molecule has 1 aliphatic carbocycles. The van der Waals surface area contributed by atoms with Crippen LogP contribution in [0.3, 0.4) is 0 Å². The fourth-order valence-electron chi connectivity index (χ4n) is 3.15. The molecule has 1 unspecified atom stereocenters. The van der Waals surface area contributed by atoms with Gasteiger partial charge in [-0.05, 0) is 53.8 Å². The number of rotatable bonds is 7. The summed E-state index contributed by atoms with van der Waals surface area (Å²) in [5.74, 6) is 1.07. The monoisotopic (exact) mass is 483 g/mol. The molecule has 1 aliphatic heterocycles. The second-order valence-corrected chi connectivity index (χ2v) is 9.82. The van der Waals surface area contributed by atoms with Gasteiger partial charge in [-0.1, -0.05) is 33.8 Å². The number of carbonyl (C=O) groups excluding carboxylic acids is 1. The number of halogens is 1. The summed E-state index contributed by atoms with van der Waals surface area (Å²) in [6.07, 6.45) is 9.53. The van der Waals surface area contributed by atoms with Gasteiger partial charge in [-0.2, -0.15) is 0 Å². The fraction of sp³-hybridized carbons (Fsp3) is 0.619. The molecule has 0 aromatic carbocycles. The molecule has 3 rings (SSSR count). The van der Waals surface area contributed by atoms with E-state index in [2.05, 4.69) is 72.7 Å². The Labute approximate surface area is 175 Å². The minimum absolute atomic E-state index is 0.0169. The highest BCUT2D eigenvalue weighted by atomic mass is 127. The van der Waals surface area contributed by atoms with E-state index >= 15 is 0 Å². The molecule has 2 heterocycles. The normalized spacial score (nSPS) is 22.7. The highest BCUT2D eigenvalue weighted by molar-refractivity contribution is 14.1. The minimum atomic E-state index is -0.0854. The molecule has 1 saturated heterocycles. The van der Waals surface area contributed by atoms with Crippen molar-refractivity contribution >= 4 is 39.9 Å². The Morgan fingerprint density at radius 3 is 2.81 bits per heavy atom. The summed E-state index contributed by atoms with van der Waals surface area (Å²) in [7, 11) is 0. The van der Waals surface area contributed by atoms with Crippen molar-refractivity contribution in [2.24, 2.45) is 22.2 Å². The minimum Gasteiger partial charge on any atom is -0.379 e. The second-order valence-electron chi connectivity index (χ2n) is 8.74. The van der Waals surface area contributed by atoms with E-state index in [0.29, 0.717) is 30.6 Å². The van der Waals surface area contributed by atoms with Gasteiger partial charge in [0.15, 0.2) is 0 Å². The lowest BCUT2D eigenvalue weighted by molar-refractivity contribution is 0.0916. The number of ether oxygens (including phenoxy) is 1. The Balaban J connectivity index is 1.81. The Morgan fingerprint density at radius 1 is 1.48 bits per heavy atom. The largest absolute Gasteiger partial charge is 0.379 e. The lowest BCUT2D eigenvalue weighted by Crippen LogP contribution is -2.44. The van der Waals surface area contributed by atoms with Crippen molar-refractivity contribution in [2.45, 2.75) is 53.0 Å². The number of aromatic nitrogens is 1. The Hall–Kier alpha value is -1.15. The summed E-state index contributed by atoms with van der Waals surface area (Å²) in [5.41, 5.74) is 2.39. The molecule has 1 amide bonds. The van der Waals surface area contributed by atoms with Crippen molar-refractivity contribution in [3.63, 3.8) is 0 Å². The fourth-order valence-corrected chi connectivity index (χ4v) is 3.71. The van der Waals surface area contributed by atoms with Crippen LogP contribution in [-0.2, 0) is 4.74 Å². The first-order valence-electron chi connectivity index (χ1n) is 9.78. The first kappa shape index (κ1) is 20.6. The maximum absolute atomic E-state index is 12.9. The number of aliphatic imine (C=N–C) groups is 1. The average molecular weight is 483 g/mol. The summed E-state index contributed by atoms with van der Waals surface area (Å²) in [5, 5.41) is 3.14. The van der Waals surface area contributed by atoms with Crippen LogP contribution in [0.1, 0.15) is 57.3 Å². The number of amides is 1. The van der Waals surface area contributed by atoms with Crippen LogP contribution in [-0.4, -0.2) is 35.9 Å². The van der Waals surface area contributed by atoms with E-state index in [0.717, 1.165) is 21.5 Å². The van der Waals surface area contributed by atoms with Crippen molar-refractivity contribution in [3.8, 4) is 0 Å². The van der Waals surface area contributed by atoms with E-state index in [1.54, 1.807) is 6.20 Å². The third kappa shape index (κ3) is 5.22. The summed E-state index contributed by atoms with van der Waals surface area (Å²) in [6.45, 7) is 9.89. The van der Waals surface area contributed by atoms with Gasteiger partial charge in [0.25, 0.3) is 5.91 Å². The molecular formula is C21H30IN3O2. The standard InChI is InChI=1S/C21H30IN3O2/c1-13(2)6-5-7-16(14-8-9-14)24-18-15(10-23-19(18)22)20(26)25-17-11-27-12-21(17,3)4/h5,7,10,13-14,17,23H,6,8-9,11-12H2,1-4H3,(H,25,26)/b7-5+,24-16?. The van der Waals surface area contributed by atoms with Gasteiger partial charge in [-0.15, -0.1) is 0 Å². The topological polar surface area (TPSA) is 66.5 Å². The zero-order valence-corrected chi connectivity index (χ0v) is 18.8. The van der Waals surface area contributed by atoms with Gasteiger partial charge < -0.3 is 15.0 Å². The molecule has 1 atom stereocenters. The predicted octanol–water partition coefficient (Wildman–Crippen LogP) is 4.86. The van der Waals surface area contributed by atoms with Gasteiger partial charge in [0.05, 0.1) is 24.8 Å². The molecule has 148 valence electrons. The molecule has 27 heavy (non-hydrogen) atoms.